The first-order valence-corrected chi connectivity index (χ1v) is 8.50. The van der Waals surface area contributed by atoms with Crippen molar-refractivity contribution < 1.29 is 4.74 Å². The van der Waals surface area contributed by atoms with Crippen LogP contribution in [0.4, 0.5) is 5.69 Å². The summed E-state index contributed by atoms with van der Waals surface area (Å²) in [7, 11) is 0. The van der Waals surface area contributed by atoms with E-state index in [2.05, 4.69) is 40.6 Å². The van der Waals surface area contributed by atoms with Crippen LogP contribution in [-0.4, -0.2) is 18.6 Å². The van der Waals surface area contributed by atoms with Crippen LogP contribution in [0, 0.1) is 5.92 Å². The molecular weight excluding hydrogens is 425 g/mol. The zero-order valence-corrected chi connectivity index (χ0v) is 17.0. The lowest BCUT2D eigenvalue weighted by Crippen LogP contribution is -2.23. The van der Waals surface area contributed by atoms with Crippen molar-refractivity contribution in [3.8, 4) is 5.75 Å². The lowest BCUT2D eigenvalue weighted by molar-refractivity contribution is 0.242. The molecule has 5 heteroatoms. The van der Waals surface area contributed by atoms with Crippen molar-refractivity contribution in [1.82, 2.24) is 0 Å². The number of hydrogen-bond donors (Lipinski definition) is 2. The Hall–Kier alpha value is -1.76. The molecule has 1 aliphatic carbocycles. The molecule has 3 N–H and O–H groups in total. The van der Waals surface area contributed by atoms with Crippen LogP contribution in [0.2, 0.25) is 0 Å². The maximum atomic E-state index is 5.99. The highest BCUT2D eigenvalue weighted by molar-refractivity contribution is 14.0. The number of anilines is 1. The number of benzene rings is 2. The third-order valence-corrected chi connectivity index (χ3v) is 4.14. The Bertz CT molecular complexity index is 686. The lowest BCUT2D eigenvalue weighted by atomic mass is 10.1. The molecule has 2 aromatic rings. The van der Waals surface area contributed by atoms with Gasteiger partial charge in [-0.2, -0.15) is 0 Å². The summed E-state index contributed by atoms with van der Waals surface area (Å²) in [6, 6.07) is 18.4. The molecule has 3 rings (SSSR count). The Morgan fingerprint density at radius 3 is 2.48 bits per heavy atom. The van der Waals surface area contributed by atoms with Gasteiger partial charge in [-0.1, -0.05) is 30.3 Å². The molecule has 0 aromatic heterocycles. The van der Waals surface area contributed by atoms with E-state index in [0.717, 1.165) is 18.0 Å². The predicted molar refractivity (Wildman–Crippen MR) is 115 cm³/mol. The standard InChI is InChI=1S/C20H25N3O.HI/c1-14(2)24-18-10-8-17(9-11-18)23-20(21)22-13-16-12-19(16)15-6-4-3-5-7-15;/h3-11,14,16,19H,12-13H2,1-2H3,(H3,21,22,23);1H. The largest absolute Gasteiger partial charge is 0.491 e. The molecule has 2 unspecified atom stereocenters. The summed E-state index contributed by atoms with van der Waals surface area (Å²) in [4.78, 5) is 4.48. The van der Waals surface area contributed by atoms with Gasteiger partial charge in [-0.05, 0) is 61.9 Å². The fourth-order valence-electron chi connectivity index (χ4n) is 2.85. The first kappa shape index (κ1) is 19.6. The summed E-state index contributed by atoms with van der Waals surface area (Å²) >= 11 is 0. The van der Waals surface area contributed by atoms with Gasteiger partial charge in [0.1, 0.15) is 5.75 Å². The fraction of sp³-hybridized carbons (Fsp3) is 0.350. The smallest absolute Gasteiger partial charge is 0.193 e. The van der Waals surface area contributed by atoms with E-state index in [-0.39, 0.29) is 30.1 Å². The van der Waals surface area contributed by atoms with Crippen molar-refractivity contribution in [2.75, 3.05) is 11.9 Å². The van der Waals surface area contributed by atoms with Crippen molar-refractivity contribution in [2.24, 2.45) is 16.6 Å². The molecule has 1 saturated carbocycles. The third-order valence-electron chi connectivity index (χ3n) is 4.14. The molecule has 1 fully saturated rings. The molecule has 0 amide bonds. The Kier molecular flexibility index (Phi) is 7.11. The van der Waals surface area contributed by atoms with E-state index in [0.29, 0.717) is 17.8 Å². The number of rotatable bonds is 6. The van der Waals surface area contributed by atoms with Gasteiger partial charge >= 0.3 is 0 Å². The van der Waals surface area contributed by atoms with E-state index in [1.807, 2.05) is 38.1 Å². The highest BCUT2D eigenvalue weighted by Gasteiger charge is 2.37. The highest BCUT2D eigenvalue weighted by atomic mass is 127. The minimum atomic E-state index is 0. The second-order valence-corrected chi connectivity index (χ2v) is 6.55. The van der Waals surface area contributed by atoms with Crippen LogP contribution in [0.25, 0.3) is 0 Å². The van der Waals surface area contributed by atoms with E-state index in [9.17, 15) is 0 Å². The van der Waals surface area contributed by atoms with Gasteiger partial charge in [-0.15, -0.1) is 24.0 Å². The van der Waals surface area contributed by atoms with Crippen molar-refractivity contribution in [2.45, 2.75) is 32.3 Å². The fourth-order valence-corrected chi connectivity index (χ4v) is 2.85. The van der Waals surface area contributed by atoms with Crippen molar-refractivity contribution in [3.05, 3.63) is 60.2 Å². The van der Waals surface area contributed by atoms with Gasteiger partial charge in [0.05, 0.1) is 6.10 Å². The molecule has 134 valence electrons. The monoisotopic (exact) mass is 451 g/mol. The molecule has 0 spiro atoms. The Morgan fingerprint density at radius 2 is 1.84 bits per heavy atom. The summed E-state index contributed by atoms with van der Waals surface area (Å²) < 4.78 is 5.63. The lowest BCUT2D eigenvalue weighted by Gasteiger charge is -2.11. The van der Waals surface area contributed by atoms with E-state index < -0.39 is 0 Å². The molecule has 2 aromatic carbocycles. The SMILES string of the molecule is CC(C)Oc1ccc(NC(N)=NCC2CC2c2ccccc2)cc1.I. The minimum absolute atomic E-state index is 0. The second kappa shape index (κ2) is 9.08. The molecule has 2 atom stereocenters. The highest BCUT2D eigenvalue weighted by Crippen LogP contribution is 2.47. The summed E-state index contributed by atoms with van der Waals surface area (Å²) in [6.07, 6.45) is 1.37. The van der Waals surface area contributed by atoms with Crippen LogP contribution in [0.15, 0.2) is 59.6 Å². The van der Waals surface area contributed by atoms with Crippen LogP contribution < -0.4 is 15.8 Å². The Labute approximate surface area is 166 Å². The third kappa shape index (κ3) is 5.92. The van der Waals surface area contributed by atoms with Gasteiger partial charge in [0.2, 0.25) is 0 Å². The number of guanidine groups is 1. The van der Waals surface area contributed by atoms with E-state index in [1.165, 1.54) is 12.0 Å². The maximum Gasteiger partial charge on any atom is 0.193 e. The number of nitrogens with two attached hydrogens (primary N) is 1. The molecule has 0 aliphatic heterocycles. The van der Waals surface area contributed by atoms with Crippen LogP contribution in [0.3, 0.4) is 0 Å². The van der Waals surface area contributed by atoms with E-state index >= 15 is 0 Å². The Morgan fingerprint density at radius 1 is 1.16 bits per heavy atom. The molecular formula is C20H26IN3O. The molecule has 0 radical (unpaired) electrons. The van der Waals surface area contributed by atoms with Crippen molar-refractivity contribution >= 4 is 35.6 Å². The van der Waals surface area contributed by atoms with Gasteiger partial charge in [0.25, 0.3) is 0 Å². The average molecular weight is 451 g/mol. The molecule has 4 nitrogen and oxygen atoms in total. The van der Waals surface area contributed by atoms with E-state index in [4.69, 9.17) is 10.5 Å². The van der Waals surface area contributed by atoms with Crippen LogP contribution in [0.5, 0.6) is 5.75 Å². The normalized spacial score (nSPS) is 19.2. The topological polar surface area (TPSA) is 59.6 Å². The van der Waals surface area contributed by atoms with Gasteiger partial charge in [-0.25, -0.2) is 0 Å². The number of nitrogens with one attached hydrogen (secondary N) is 1. The van der Waals surface area contributed by atoms with Crippen LogP contribution in [-0.2, 0) is 0 Å². The predicted octanol–water partition coefficient (Wildman–Crippen LogP) is 4.62. The zero-order valence-electron chi connectivity index (χ0n) is 14.7. The number of hydrogen-bond acceptors (Lipinski definition) is 2. The average Bonchev–Trinajstić information content (AvgIpc) is 3.35. The van der Waals surface area contributed by atoms with Gasteiger partial charge < -0.3 is 15.8 Å². The summed E-state index contributed by atoms with van der Waals surface area (Å²) in [6.45, 7) is 4.79. The zero-order chi connectivity index (χ0) is 16.9. The number of ether oxygens (including phenoxy) is 1. The first-order valence-electron chi connectivity index (χ1n) is 8.50. The van der Waals surface area contributed by atoms with Gasteiger partial charge in [-0.3, -0.25) is 4.99 Å². The number of nitrogens with zero attached hydrogens (tertiary/aromatic N) is 1. The number of aliphatic imine (C=N–C) groups is 1. The molecule has 0 saturated heterocycles. The van der Waals surface area contributed by atoms with Crippen molar-refractivity contribution in [1.29, 1.82) is 0 Å². The maximum absolute atomic E-state index is 5.99. The first-order chi connectivity index (χ1) is 11.6. The summed E-state index contributed by atoms with van der Waals surface area (Å²) in [5, 5.41) is 3.13. The second-order valence-electron chi connectivity index (χ2n) is 6.55. The van der Waals surface area contributed by atoms with Crippen molar-refractivity contribution in [3.63, 3.8) is 0 Å². The minimum Gasteiger partial charge on any atom is -0.491 e. The van der Waals surface area contributed by atoms with Crippen LogP contribution >= 0.6 is 24.0 Å². The summed E-state index contributed by atoms with van der Waals surface area (Å²) in [5.74, 6) is 2.56. The molecule has 0 heterocycles. The molecule has 1 aliphatic rings. The molecule has 0 bridgehead atoms. The van der Waals surface area contributed by atoms with Crippen LogP contribution in [0.1, 0.15) is 31.7 Å². The Balaban J connectivity index is 0.00000225. The van der Waals surface area contributed by atoms with Gasteiger partial charge in [0, 0.05) is 12.2 Å². The van der Waals surface area contributed by atoms with Gasteiger partial charge in [0.15, 0.2) is 5.96 Å². The quantitative estimate of drug-likeness (QED) is 0.383. The number of halogens is 1. The van der Waals surface area contributed by atoms with E-state index in [1.54, 1.807) is 0 Å². The summed E-state index contributed by atoms with van der Waals surface area (Å²) in [5.41, 5.74) is 8.32. The molecule has 25 heavy (non-hydrogen) atoms.